The van der Waals surface area contributed by atoms with Crippen LogP contribution in [0, 0.1) is 0 Å². The van der Waals surface area contributed by atoms with E-state index >= 15 is 0 Å². The maximum atomic E-state index is 5.43. The molecule has 33 heavy (non-hydrogen) atoms. The second kappa shape index (κ2) is 13.5. The monoisotopic (exact) mass is 567 g/mol. The Hall–Kier alpha value is -2.20. The van der Waals surface area contributed by atoms with Crippen molar-refractivity contribution in [3.05, 3.63) is 53.6 Å². The summed E-state index contributed by atoms with van der Waals surface area (Å²) in [4.78, 5) is 9.35. The minimum Gasteiger partial charge on any atom is -0.497 e. The number of nitrogens with one attached hydrogen (secondary N) is 2. The first kappa shape index (κ1) is 27.0. The zero-order valence-corrected chi connectivity index (χ0v) is 22.8. The van der Waals surface area contributed by atoms with Crippen molar-refractivity contribution < 1.29 is 9.47 Å². The van der Waals surface area contributed by atoms with Crippen molar-refractivity contribution in [3.8, 4) is 11.5 Å². The number of methoxy groups -OCH3 is 2. The van der Waals surface area contributed by atoms with E-state index in [2.05, 4.69) is 77.9 Å². The fourth-order valence-electron chi connectivity index (χ4n) is 3.89. The van der Waals surface area contributed by atoms with Crippen LogP contribution in [-0.4, -0.2) is 64.9 Å². The van der Waals surface area contributed by atoms with E-state index in [4.69, 9.17) is 14.5 Å². The lowest BCUT2D eigenvalue weighted by atomic mass is 10.1. The number of halogens is 1. The van der Waals surface area contributed by atoms with E-state index in [0.29, 0.717) is 12.6 Å². The molecule has 8 heteroatoms. The van der Waals surface area contributed by atoms with Crippen molar-refractivity contribution >= 4 is 35.6 Å². The van der Waals surface area contributed by atoms with Gasteiger partial charge in [-0.05, 0) is 38.6 Å². The third-order valence-electron chi connectivity index (χ3n) is 5.52. The van der Waals surface area contributed by atoms with E-state index in [0.717, 1.165) is 55.7 Å². The van der Waals surface area contributed by atoms with Crippen LogP contribution in [0.5, 0.6) is 11.5 Å². The molecule has 3 rings (SSSR count). The Morgan fingerprint density at radius 2 is 1.70 bits per heavy atom. The van der Waals surface area contributed by atoms with E-state index in [-0.39, 0.29) is 24.0 Å². The molecule has 7 nitrogen and oxygen atoms in total. The molecule has 1 saturated heterocycles. The molecule has 1 unspecified atom stereocenters. The molecule has 0 aliphatic carbocycles. The van der Waals surface area contributed by atoms with Crippen LogP contribution >= 0.6 is 24.0 Å². The molecule has 182 valence electrons. The van der Waals surface area contributed by atoms with Gasteiger partial charge in [-0.1, -0.05) is 24.3 Å². The first-order valence-corrected chi connectivity index (χ1v) is 11.3. The molecule has 0 saturated carbocycles. The highest BCUT2D eigenvalue weighted by molar-refractivity contribution is 14.0. The maximum absolute atomic E-state index is 5.43. The summed E-state index contributed by atoms with van der Waals surface area (Å²) in [5, 5.41) is 6.99. The Morgan fingerprint density at radius 3 is 2.27 bits per heavy atom. The first-order valence-electron chi connectivity index (χ1n) is 11.3. The molecule has 2 aromatic rings. The zero-order valence-electron chi connectivity index (χ0n) is 20.4. The Kier molecular flexibility index (Phi) is 11.1. The van der Waals surface area contributed by atoms with Gasteiger partial charge < -0.3 is 29.9 Å². The molecule has 0 amide bonds. The summed E-state index contributed by atoms with van der Waals surface area (Å²) in [7, 11) is 7.53. The number of guanidine groups is 1. The first-order chi connectivity index (χ1) is 15.5. The van der Waals surface area contributed by atoms with Crippen LogP contribution in [0.25, 0.3) is 0 Å². The van der Waals surface area contributed by atoms with Gasteiger partial charge in [-0.15, -0.1) is 24.0 Å². The summed E-state index contributed by atoms with van der Waals surface area (Å²) in [6.45, 7) is 6.40. The van der Waals surface area contributed by atoms with Crippen LogP contribution in [0.3, 0.4) is 0 Å². The van der Waals surface area contributed by atoms with E-state index in [9.17, 15) is 0 Å². The number of nitrogens with zero attached hydrogens (tertiary/aromatic N) is 3. The Labute approximate surface area is 215 Å². The molecular weight excluding hydrogens is 529 g/mol. The van der Waals surface area contributed by atoms with Gasteiger partial charge in [0.1, 0.15) is 11.5 Å². The van der Waals surface area contributed by atoms with Crippen LogP contribution in [-0.2, 0) is 13.1 Å². The molecule has 2 N–H and O–H groups in total. The van der Waals surface area contributed by atoms with Crippen LogP contribution in [0.1, 0.15) is 24.5 Å². The van der Waals surface area contributed by atoms with Gasteiger partial charge in [0.25, 0.3) is 0 Å². The van der Waals surface area contributed by atoms with Crippen molar-refractivity contribution in [1.29, 1.82) is 0 Å². The molecule has 1 aliphatic rings. The third kappa shape index (κ3) is 8.26. The van der Waals surface area contributed by atoms with Gasteiger partial charge in [-0.2, -0.15) is 0 Å². The molecule has 0 spiro atoms. The molecule has 2 aromatic carbocycles. The lowest BCUT2D eigenvalue weighted by molar-refractivity contribution is 0.394. The van der Waals surface area contributed by atoms with E-state index in [1.165, 1.54) is 11.1 Å². The smallest absolute Gasteiger partial charge is 0.191 e. The predicted molar refractivity (Wildman–Crippen MR) is 147 cm³/mol. The largest absolute Gasteiger partial charge is 0.497 e. The Bertz CT molecular complexity index is 867. The van der Waals surface area contributed by atoms with Crippen LogP contribution in [0.4, 0.5) is 5.69 Å². The van der Waals surface area contributed by atoms with Gasteiger partial charge in [0.15, 0.2) is 5.96 Å². The lowest BCUT2D eigenvalue weighted by Crippen LogP contribution is -2.44. The molecule has 1 heterocycles. The molecule has 0 radical (unpaired) electrons. The van der Waals surface area contributed by atoms with Crippen molar-refractivity contribution in [1.82, 2.24) is 15.5 Å². The number of rotatable bonds is 9. The van der Waals surface area contributed by atoms with E-state index < -0.39 is 0 Å². The lowest BCUT2D eigenvalue weighted by Gasteiger charge is -2.21. The number of hydrogen-bond acceptors (Lipinski definition) is 5. The standard InChI is InChI=1S/C25H37N5O2.HI/c1-6-26-25(27-16-19-7-9-20(10-8-19)17-29(2)3)28-21-11-12-30(18-21)22-13-23(31-4)15-24(14-22)32-5;/h7-10,13-15,21H,6,11-12,16-18H2,1-5H3,(H2,26,27,28);1H. The normalized spacial score (nSPS) is 15.9. The average molecular weight is 568 g/mol. The second-order valence-electron chi connectivity index (χ2n) is 8.40. The summed E-state index contributed by atoms with van der Waals surface area (Å²) in [6.07, 6.45) is 1.04. The average Bonchev–Trinajstić information content (AvgIpc) is 3.26. The van der Waals surface area contributed by atoms with Crippen molar-refractivity contribution in [2.75, 3.05) is 52.8 Å². The molecular formula is C25H38IN5O2. The van der Waals surface area contributed by atoms with Gasteiger partial charge in [-0.3, -0.25) is 0 Å². The summed E-state index contributed by atoms with van der Waals surface area (Å²) in [5.41, 5.74) is 3.64. The van der Waals surface area contributed by atoms with Gasteiger partial charge in [0, 0.05) is 56.1 Å². The van der Waals surface area contributed by atoms with Crippen LogP contribution < -0.4 is 25.0 Å². The van der Waals surface area contributed by atoms with E-state index in [1.54, 1.807) is 14.2 Å². The van der Waals surface area contributed by atoms with Crippen LogP contribution in [0.15, 0.2) is 47.5 Å². The summed E-state index contributed by atoms with van der Waals surface area (Å²) < 4.78 is 10.9. The molecule has 0 bridgehead atoms. The second-order valence-corrected chi connectivity index (χ2v) is 8.40. The van der Waals surface area contributed by atoms with E-state index in [1.807, 2.05) is 6.07 Å². The molecule has 1 aliphatic heterocycles. The third-order valence-corrected chi connectivity index (χ3v) is 5.52. The highest BCUT2D eigenvalue weighted by Crippen LogP contribution is 2.30. The fourth-order valence-corrected chi connectivity index (χ4v) is 3.89. The van der Waals surface area contributed by atoms with Gasteiger partial charge >= 0.3 is 0 Å². The maximum Gasteiger partial charge on any atom is 0.191 e. The van der Waals surface area contributed by atoms with Gasteiger partial charge in [0.05, 0.1) is 20.8 Å². The minimum atomic E-state index is 0. The fraction of sp³-hybridized carbons (Fsp3) is 0.480. The van der Waals surface area contributed by atoms with Gasteiger partial charge in [0.2, 0.25) is 0 Å². The summed E-state index contributed by atoms with van der Waals surface area (Å²) in [6, 6.07) is 15.0. The molecule has 1 fully saturated rings. The SMILES string of the molecule is CCNC(=NCc1ccc(CN(C)C)cc1)NC1CCN(c2cc(OC)cc(OC)c2)C1.I. The topological polar surface area (TPSA) is 61.4 Å². The summed E-state index contributed by atoms with van der Waals surface area (Å²) >= 11 is 0. The van der Waals surface area contributed by atoms with Crippen LogP contribution in [0.2, 0.25) is 0 Å². The Balaban J connectivity index is 0.00000385. The van der Waals surface area contributed by atoms with Gasteiger partial charge in [-0.25, -0.2) is 4.99 Å². The van der Waals surface area contributed by atoms with Crippen molar-refractivity contribution in [2.24, 2.45) is 4.99 Å². The van der Waals surface area contributed by atoms with Crippen molar-refractivity contribution in [2.45, 2.75) is 32.5 Å². The minimum absolute atomic E-state index is 0. The van der Waals surface area contributed by atoms with Crippen molar-refractivity contribution in [3.63, 3.8) is 0 Å². The Morgan fingerprint density at radius 1 is 1.06 bits per heavy atom. The number of anilines is 1. The molecule has 0 aromatic heterocycles. The highest BCUT2D eigenvalue weighted by atomic mass is 127. The quantitative estimate of drug-likeness (QED) is 0.274. The number of hydrogen-bond donors (Lipinski definition) is 2. The zero-order chi connectivity index (χ0) is 22.9. The number of benzene rings is 2. The predicted octanol–water partition coefficient (Wildman–Crippen LogP) is 3.72. The summed E-state index contributed by atoms with van der Waals surface area (Å²) in [5.74, 6) is 2.48. The number of aliphatic imine (C=N–C) groups is 1. The number of ether oxygens (including phenoxy) is 2. The molecule has 1 atom stereocenters. The highest BCUT2D eigenvalue weighted by Gasteiger charge is 2.24.